The molecule has 2 rings (SSSR count). The van der Waals surface area contributed by atoms with Gasteiger partial charge in [-0.25, -0.2) is 5.14 Å². The monoisotopic (exact) mass is 274 g/mol. The van der Waals surface area contributed by atoms with Crippen LogP contribution in [0, 0.1) is 0 Å². The Morgan fingerprint density at radius 1 is 1.22 bits per heavy atom. The lowest BCUT2D eigenvalue weighted by Gasteiger charge is -2.34. The molecule has 0 bridgehead atoms. The number of nitrogens with two attached hydrogens (primary N) is 1. The number of hydrogen-bond donors (Lipinski definition) is 2. The van der Waals surface area contributed by atoms with Crippen molar-refractivity contribution in [1.29, 1.82) is 0 Å². The molecule has 0 unspecified atom stereocenters. The summed E-state index contributed by atoms with van der Waals surface area (Å²) in [6, 6.07) is 0. The molecule has 2 fully saturated rings. The van der Waals surface area contributed by atoms with Gasteiger partial charge in [0.1, 0.15) is 0 Å². The van der Waals surface area contributed by atoms with Crippen molar-refractivity contribution in [2.45, 2.75) is 6.92 Å². The topological polar surface area (TPSA) is 95.7 Å². The van der Waals surface area contributed by atoms with Crippen molar-refractivity contribution in [1.82, 2.24) is 14.5 Å². The van der Waals surface area contributed by atoms with Gasteiger partial charge in [-0.2, -0.15) is 12.7 Å². The Balaban J connectivity index is 1.96. The lowest BCUT2D eigenvalue weighted by molar-refractivity contribution is -0.128. The van der Waals surface area contributed by atoms with E-state index in [0.717, 1.165) is 24.2 Å². The van der Waals surface area contributed by atoms with E-state index in [-0.39, 0.29) is 19.0 Å². The van der Waals surface area contributed by atoms with Crippen molar-refractivity contribution >= 4 is 16.1 Å². The van der Waals surface area contributed by atoms with Gasteiger partial charge in [0.05, 0.1) is 0 Å². The summed E-state index contributed by atoms with van der Waals surface area (Å²) in [5.74, 6) is 0.000527. The van der Waals surface area contributed by atoms with Gasteiger partial charge in [0, 0.05) is 44.8 Å². The normalized spacial score (nSPS) is 21.7. The highest BCUT2D eigenvalue weighted by Crippen LogP contribution is 2.14. The molecule has 1 amide bonds. The molecule has 0 spiro atoms. The average molecular weight is 274 g/mol. The number of carbonyl (C=O) groups excluding carboxylic acids is 1. The lowest BCUT2D eigenvalue weighted by atomic mass is 10.0. The van der Waals surface area contributed by atoms with E-state index in [1.54, 1.807) is 4.90 Å². The summed E-state index contributed by atoms with van der Waals surface area (Å²) >= 11 is 0. The summed E-state index contributed by atoms with van der Waals surface area (Å²) in [5, 5.41) is 8.14. The summed E-state index contributed by atoms with van der Waals surface area (Å²) in [6.07, 6.45) is 0. The number of carbonyl (C=O) groups is 1. The molecule has 0 aromatic heterocycles. The Hall–Kier alpha value is -0.960. The maximum Gasteiger partial charge on any atom is 0.277 e. The molecule has 2 heterocycles. The zero-order valence-electron chi connectivity index (χ0n) is 10.3. The Morgan fingerprint density at radius 3 is 2.17 bits per heavy atom. The molecular formula is C10H18N4O3S. The van der Waals surface area contributed by atoms with Crippen LogP contribution in [-0.4, -0.2) is 62.8 Å². The van der Waals surface area contributed by atoms with Gasteiger partial charge in [-0.15, -0.1) is 0 Å². The van der Waals surface area contributed by atoms with Crippen molar-refractivity contribution in [2.75, 3.05) is 39.3 Å². The molecule has 0 aromatic rings. The predicted molar refractivity (Wildman–Crippen MR) is 66.8 cm³/mol. The molecule has 2 saturated heterocycles. The van der Waals surface area contributed by atoms with Gasteiger partial charge in [-0.3, -0.25) is 4.79 Å². The van der Waals surface area contributed by atoms with Crippen LogP contribution in [0.25, 0.3) is 0 Å². The molecule has 0 aromatic carbocycles. The van der Waals surface area contributed by atoms with Crippen LogP contribution in [-0.2, 0) is 15.0 Å². The summed E-state index contributed by atoms with van der Waals surface area (Å²) in [6.45, 7) is 4.70. The summed E-state index contributed by atoms with van der Waals surface area (Å²) in [7, 11) is -3.63. The molecule has 0 aliphatic carbocycles. The van der Waals surface area contributed by atoms with E-state index in [1.807, 2.05) is 6.92 Å². The van der Waals surface area contributed by atoms with Crippen LogP contribution in [0.3, 0.4) is 0 Å². The minimum Gasteiger partial charge on any atom is -0.336 e. The molecule has 8 heteroatoms. The molecule has 3 N–H and O–H groups in total. The average Bonchev–Trinajstić information content (AvgIpc) is 2.24. The third kappa shape index (κ3) is 2.72. The third-order valence-corrected chi connectivity index (χ3v) is 4.50. The Kier molecular flexibility index (Phi) is 3.71. The van der Waals surface area contributed by atoms with Crippen molar-refractivity contribution < 1.29 is 13.2 Å². The molecular weight excluding hydrogens is 256 g/mol. The van der Waals surface area contributed by atoms with Crippen molar-refractivity contribution in [3.63, 3.8) is 0 Å². The Morgan fingerprint density at radius 2 is 1.78 bits per heavy atom. The van der Waals surface area contributed by atoms with E-state index in [0.29, 0.717) is 13.1 Å². The fraction of sp³-hybridized carbons (Fsp3) is 0.700. The number of nitrogens with one attached hydrogen (secondary N) is 1. The molecule has 18 heavy (non-hydrogen) atoms. The first-order valence-electron chi connectivity index (χ1n) is 5.86. The first-order chi connectivity index (χ1) is 8.39. The van der Waals surface area contributed by atoms with Gasteiger partial charge in [0.25, 0.3) is 10.2 Å². The number of piperazine rings is 1. The SMILES string of the molecule is CC(C(=O)N1CCN(S(N)(=O)=O)CC1)=C1CNC1. The van der Waals surface area contributed by atoms with Crippen molar-refractivity contribution in [3.8, 4) is 0 Å². The molecule has 7 nitrogen and oxygen atoms in total. The van der Waals surface area contributed by atoms with Crippen molar-refractivity contribution in [2.24, 2.45) is 5.14 Å². The second kappa shape index (κ2) is 4.96. The van der Waals surface area contributed by atoms with Gasteiger partial charge >= 0.3 is 0 Å². The van der Waals surface area contributed by atoms with Gasteiger partial charge in [-0.05, 0) is 12.5 Å². The van der Waals surface area contributed by atoms with E-state index < -0.39 is 10.2 Å². The summed E-state index contributed by atoms with van der Waals surface area (Å²) in [4.78, 5) is 13.8. The molecule has 0 radical (unpaired) electrons. The second-order valence-corrected chi connectivity index (χ2v) is 6.11. The van der Waals surface area contributed by atoms with Crippen LogP contribution >= 0.6 is 0 Å². The summed E-state index contributed by atoms with van der Waals surface area (Å²) < 4.78 is 23.5. The largest absolute Gasteiger partial charge is 0.336 e. The molecule has 0 saturated carbocycles. The van der Waals surface area contributed by atoms with Crippen LogP contribution in [0.15, 0.2) is 11.1 Å². The van der Waals surface area contributed by atoms with Crippen molar-refractivity contribution in [3.05, 3.63) is 11.1 Å². The van der Waals surface area contributed by atoms with E-state index in [2.05, 4.69) is 5.32 Å². The standard InChI is InChI=1S/C10H18N4O3S/c1-8(9-6-12-7-9)10(15)13-2-4-14(5-3-13)18(11,16)17/h12H,2-7H2,1H3,(H2,11,16,17). The van der Waals surface area contributed by atoms with E-state index in [9.17, 15) is 13.2 Å². The highest BCUT2D eigenvalue weighted by atomic mass is 32.2. The molecule has 2 aliphatic heterocycles. The molecule has 2 aliphatic rings. The third-order valence-electron chi connectivity index (χ3n) is 3.41. The Labute approximate surface area is 107 Å². The minimum atomic E-state index is -3.63. The fourth-order valence-electron chi connectivity index (χ4n) is 2.05. The quantitative estimate of drug-likeness (QED) is 0.584. The van der Waals surface area contributed by atoms with Crippen LogP contribution in [0.4, 0.5) is 0 Å². The highest BCUT2D eigenvalue weighted by molar-refractivity contribution is 7.86. The number of amides is 1. The van der Waals surface area contributed by atoms with Gasteiger partial charge in [0.15, 0.2) is 0 Å². The van der Waals surface area contributed by atoms with E-state index in [4.69, 9.17) is 5.14 Å². The van der Waals surface area contributed by atoms with Gasteiger partial charge < -0.3 is 10.2 Å². The lowest BCUT2D eigenvalue weighted by Crippen LogP contribution is -2.52. The van der Waals surface area contributed by atoms with Crippen LogP contribution in [0.2, 0.25) is 0 Å². The fourth-order valence-corrected chi connectivity index (χ4v) is 2.72. The highest BCUT2D eigenvalue weighted by Gasteiger charge is 2.28. The molecule has 0 atom stereocenters. The smallest absolute Gasteiger partial charge is 0.277 e. The first kappa shape index (κ1) is 13.5. The number of hydrogen-bond acceptors (Lipinski definition) is 4. The predicted octanol–water partition coefficient (Wildman–Crippen LogP) is -1.75. The zero-order valence-corrected chi connectivity index (χ0v) is 11.2. The zero-order chi connectivity index (χ0) is 13.3. The van der Waals surface area contributed by atoms with Gasteiger partial charge in [0.2, 0.25) is 5.91 Å². The Bertz CT molecular complexity index is 471. The van der Waals surface area contributed by atoms with Gasteiger partial charge in [-0.1, -0.05) is 0 Å². The number of rotatable bonds is 2. The minimum absolute atomic E-state index is 0.000527. The van der Waals surface area contributed by atoms with E-state index in [1.165, 1.54) is 4.31 Å². The van der Waals surface area contributed by atoms with E-state index >= 15 is 0 Å². The van der Waals surface area contributed by atoms with Crippen LogP contribution in [0.1, 0.15) is 6.92 Å². The van der Waals surface area contributed by atoms with Crippen LogP contribution < -0.4 is 10.5 Å². The first-order valence-corrected chi connectivity index (χ1v) is 7.36. The summed E-state index contributed by atoms with van der Waals surface area (Å²) in [5.41, 5.74) is 1.91. The van der Waals surface area contributed by atoms with Crippen LogP contribution in [0.5, 0.6) is 0 Å². The number of nitrogens with zero attached hydrogens (tertiary/aromatic N) is 2. The second-order valence-electron chi connectivity index (χ2n) is 4.57. The molecule has 102 valence electrons. The maximum atomic E-state index is 12.1. The maximum absolute atomic E-state index is 12.1.